The maximum atomic E-state index is 6.44. The molecule has 2 aliphatic rings. The normalized spacial score (nSPS) is 28.1. The van der Waals surface area contributed by atoms with E-state index in [1.165, 1.54) is 37.7 Å². The van der Waals surface area contributed by atoms with Gasteiger partial charge in [0.15, 0.2) is 0 Å². The molecule has 0 radical (unpaired) electrons. The van der Waals surface area contributed by atoms with Crippen molar-refractivity contribution in [3.8, 4) is 0 Å². The summed E-state index contributed by atoms with van der Waals surface area (Å²) in [5.41, 5.74) is 2.29. The predicted molar refractivity (Wildman–Crippen MR) is 80.1 cm³/mol. The smallest absolute Gasteiger partial charge is 0.131 e. The minimum absolute atomic E-state index is 0.403. The van der Waals surface area contributed by atoms with Crippen LogP contribution >= 0.6 is 11.6 Å². The molecule has 1 aromatic heterocycles. The van der Waals surface area contributed by atoms with E-state index in [-0.39, 0.29) is 0 Å². The van der Waals surface area contributed by atoms with Gasteiger partial charge in [0.2, 0.25) is 0 Å². The molecule has 0 N–H and O–H groups in total. The first-order valence-electron chi connectivity index (χ1n) is 7.71. The first-order chi connectivity index (χ1) is 9.66. The molecule has 2 saturated heterocycles. The van der Waals surface area contributed by atoms with E-state index >= 15 is 0 Å². The van der Waals surface area contributed by atoms with Crippen molar-refractivity contribution in [2.24, 2.45) is 7.05 Å². The molecule has 2 atom stereocenters. The maximum absolute atomic E-state index is 6.44. The quantitative estimate of drug-likeness (QED) is 0.859. The highest BCUT2D eigenvalue weighted by molar-refractivity contribution is 6.30. The summed E-state index contributed by atoms with van der Waals surface area (Å²) in [4.78, 5) is 2.55. The van der Waals surface area contributed by atoms with E-state index in [4.69, 9.17) is 16.3 Å². The second-order valence-corrected chi connectivity index (χ2v) is 6.41. The summed E-state index contributed by atoms with van der Waals surface area (Å²) in [6.07, 6.45) is 6.54. The van der Waals surface area contributed by atoms with E-state index in [0.29, 0.717) is 12.1 Å². The van der Waals surface area contributed by atoms with Gasteiger partial charge in [-0.3, -0.25) is 9.58 Å². The van der Waals surface area contributed by atoms with Gasteiger partial charge in [-0.1, -0.05) is 11.6 Å². The van der Waals surface area contributed by atoms with Crippen LogP contribution in [0.15, 0.2) is 0 Å². The molecule has 20 heavy (non-hydrogen) atoms. The average molecular weight is 298 g/mol. The zero-order valence-electron chi connectivity index (χ0n) is 12.4. The van der Waals surface area contributed by atoms with Crippen LogP contribution in [0.25, 0.3) is 0 Å². The molecule has 0 spiro atoms. The molecule has 0 aliphatic carbocycles. The molecule has 0 saturated carbocycles. The molecule has 1 aromatic rings. The van der Waals surface area contributed by atoms with Crippen molar-refractivity contribution in [2.75, 3.05) is 19.7 Å². The highest BCUT2D eigenvalue weighted by Gasteiger charge is 2.32. The minimum Gasteiger partial charge on any atom is -0.377 e. The maximum Gasteiger partial charge on any atom is 0.131 e. The van der Waals surface area contributed by atoms with Crippen molar-refractivity contribution >= 4 is 11.6 Å². The van der Waals surface area contributed by atoms with Crippen molar-refractivity contribution in [2.45, 2.75) is 51.2 Å². The van der Waals surface area contributed by atoms with Crippen LogP contribution in [0, 0.1) is 6.92 Å². The van der Waals surface area contributed by atoms with Gasteiger partial charge < -0.3 is 4.74 Å². The Morgan fingerprint density at radius 2 is 2.15 bits per heavy atom. The van der Waals surface area contributed by atoms with Gasteiger partial charge in [-0.25, -0.2) is 0 Å². The molecule has 4 nitrogen and oxygen atoms in total. The Balaban J connectivity index is 1.74. The van der Waals surface area contributed by atoms with Crippen LogP contribution in [-0.2, 0) is 11.8 Å². The second-order valence-electron chi connectivity index (χ2n) is 6.06. The van der Waals surface area contributed by atoms with Crippen LogP contribution in [0.1, 0.15) is 49.4 Å². The molecule has 3 heterocycles. The number of aryl methyl sites for hydroxylation is 2. The van der Waals surface area contributed by atoms with Crippen LogP contribution in [0.5, 0.6) is 0 Å². The first kappa shape index (κ1) is 14.4. The molecule has 3 rings (SSSR count). The van der Waals surface area contributed by atoms with E-state index in [1.54, 1.807) is 4.68 Å². The van der Waals surface area contributed by atoms with Gasteiger partial charge in [0, 0.05) is 31.8 Å². The Hall–Kier alpha value is -0.580. The lowest BCUT2D eigenvalue weighted by Gasteiger charge is -2.31. The van der Waals surface area contributed by atoms with Crippen LogP contribution in [0.3, 0.4) is 0 Å². The highest BCUT2D eigenvalue weighted by atomic mass is 35.5. The summed E-state index contributed by atoms with van der Waals surface area (Å²) in [5, 5.41) is 5.26. The number of rotatable bonds is 3. The van der Waals surface area contributed by atoms with Crippen molar-refractivity contribution in [1.82, 2.24) is 14.7 Å². The average Bonchev–Trinajstić information content (AvgIpc) is 2.97. The summed E-state index contributed by atoms with van der Waals surface area (Å²) < 4.78 is 7.69. The van der Waals surface area contributed by atoms with Crippen molar-refractivity contribution in [3.63, 3.8) is 0 Å². The molecule has 0 bridgehead atoms. The van der Waals surface area contributed by atoms with E-state index in [1.807, 2.05) is 7.05 Å². The lowest BCUT2D eigenvalue weighted by atomic mass is 10.0. The standard InChI is InChI=1S/C15H24ClN3O/c1-11-14(15(16)18(2)17-11)13-7-5-8-19(13)10-12-6-3-4-9-20-12/h12-13H,3-10H2,1-2H3/t12-,13+/m1/s1. The Morgan fingerprint density at radius 3 is 2.80 bits per heavy atom. The Labute approximate surface area is 126 Å². The number of aromatic nitrogens is 2. The Kier molecular flexibility index (Phi) is 4.34. The lowest BCUT2D eigenvalue weighted by molar-refractivity contribution is -0.00809. The zero-order valence-corrected chi connectivity index (χ0v) is 13.2. The topological polar surface area (TPSA) is 30.3 Å². The Bertz CT molecular complexity index is 468. The first-order valence-corrected chi connectivity index (χ1v) is 8.09. The largest absolute Gasteiger partial charge is 0.377 e. The molecule has 2 fully saturated rings. The fraction of sp³-hybridized carbons (Fsp3) is 0.800. The van der Waals surface area contributed by atoms with Gasteiger partial charge >= 0.3 is 0 Å². The second kappa shape index (κ2) is 6.04. The third-order valence-corrected chi connectivity index (χ3v) is 5.05. The van der Waals surface area contributed by atoms with Gasteiger partial charge in [-0.05, 0) is 45.6 Å². The molecule has 112 valence electrons. The molecule has 0 aromatic carbocycles. The number of hydrogen-bond donors (Lipinski definition) is 0. The van der Waals surface area contributed by atoms with Crippen molar-refractivity contribution in [3.05, 3.63) is 16.4 Å². The van der Waals surface area contributed by atoms with Gasteiger partial charge in [0.05, 0.1) is 11.8 Å². The number of nitrogens with zero attached hydrogens (tertiary/aromatic N) is 3. The van der Waals surface area contributed by atoms with E-state index in [0.717, 1.165) is 30.5 Å². The van der Waals surface area contributed by atoms with E-state index < -0.39 is 0 Å². The summed E-state index contributed by atoms with van der Waals surface area (Å²) in [7, 11) is 1.92. The van der Waals surface area contributed by atoms with Crippen LogP contribution in [0.2, 0.25) is 5.15 Å². The molecule has 2 aliphatic heterocycles. The molecule has 0 unspecified atom stereocenters. The summed E-state index contributed by atoms with van der Waals surface area (Å²) in [5.74, 6) is 0. The van der Waals surface area contributed by atoms with E-state index in [9.17, 15) is 0 Å². The third-order valence-electron chi connectivity index (χ3n) is 4.61. The molecular weight excluding hydrogens is 274 g/mol. The molecule has 5 heteroatoms. The third kappa shape index (κ3) is 2.74. The Morgan fingerprint density at radius 1 is 1.30 bits per heavy atom. The fourth-order valence-corrected chi connectivity index (χ4v) is 3.91. The molecular formula is C15H24ClN3O. The van der Waals surface area contributed by atoms with Crippen LogP contribution < -0.4 is 0 Å². The SMILES string of the molecule is Cc1nn(C)c(Cl)c1[C@@H]1CCCN1C[C@H]1CCCCO1. The summed E-state index contributed by atoms with van der Waals surface area (Å²) in [6.45, 7) is 5.18. The number of hydrogen-bond acceptors (Lipinski definition) is 3. The molecule has 0 amide bonds. The summed E-state index contributed by atoms with van der Waals surface area (Å²) >= 11 is 6.44. The van der Waals surface area contributed by atoms with Crippen molar-refractivity contribution in [1.29, 1.82) is 0 Å². The number of likely N-dealkylation sites (tertiary alicyclic amines) is 1. The summed E-state index contributed by atoms with van der Waals surface area (Å²) in [6, 6.07) is 0.418. The number of halogens is 1. The van der Waals surface area contributed by atoms with Gasteiger partial charge in [0.25, 0.3) is 0 Å². The zero-order chi connectivity index (χ0) is 14.1. The van der Waals surface area contributed by atoms with Gasteiger partial charge in [-0.2, -0.15) is 5.10 Å². The van der Waals surface area contributed by atoms with Crippen LogP contribution in [0.4, 0.5) is 0 Å². The van der Waals surface area contributed by atoms with Crippen LogP contribution in [-0.4, -0.2) is 40.5 Å². The predicted octanol–water partition coefficient (Wildman–Crippen LogP) is 3.09. The van der Waals surface area contributed by atoms with Gasteiger partial charge in [0.1, 0.15) is 5.15 Å². The lowest BCUT2D eigenvalue weighted by Crippen LogP contribution is -2.35. The fourth-order valence-electron chi connectivity index (χ4n) is 3.61. The minimum atomic E-state index is 0.403. The van der Waals surface area contributed by atoms with E-state index in [2.05, 4.69) is 16.9 Å². The monoisotopic (exact) mass is 297 g/mol. The highest BCUT2D eigenvalue weighted by Crippen LogP contribution is 2.37. The van der Waals surface area contributed by atoms with Crippen molar-refractivity contribution < 1.29 is 4.74 Å². The van der Waals surface area contributed by atoms with Gasteiger partial charge in [-0.15, -0.1) is 0 Å². The number of ether oxygens (including phenoxy) is 1.